The highest BCUT2D eigenvalue weighted by atomic mass is 32.2. The summed E-state index contributed by atoms with van der Waals surface area (Å²) in [5, 5.41) is 9.57. The molecule has 1 aromatic carbocycles. The third kappa shape index (κ3) is 4.46. The van der Waals surface area contributed by atoms with Gasteiger partial charge in [-0.15, -0.1) is 0 Å². The average Bonchev–Trinajstić information content (AvgIpc) is 2.25. The molecule has 0 amide bonds. The lowest BCUT2D eigenvalue weighted by atomic mass is 10.0. The van der Waals surface area contributed by atoms with Crippen molar-refractivity contribution in [2.45, 2.75) is 36.8 Å². The number of aryl methyl sites for hydroxylation is 1. The van der Waals surface area contributed by atoms with E-state index in [4.69, 9.17) is 5.73 Å². The fraction of sp³-hybridized carbons (Fsp3) is 0.500. The SMILES string of the molecule is CC(N)C(O)CCc1cccc(S(C)(=O)=O)c1. The lowest BCUT2D eigenvalue weighted by Gasteiger charge is -2.14. The lowest BCUT2D eigenvalue weighted by Crippen LogP contribution is -2.31. The Morgan fingerprint density at radius 2 is 2.06 bits per heavy atom. The minimum absolute atomic E-state index is 0.270. The van der Waals surface area contributed by atoms with Gasteiger partial charge in [0.05, 0.1) is 11.0 Å². The predicted molar refractivity (Wildman–Crippen MR) is 67.5 cm³/mol. The number of nitrogens with two attached hydrogens (primary N) is 1. The van der Waals surface area contributed by atoms with Gasteiger partial charge in [-0.1, -0.05) is 12.1 Å². The molecule has 0 spiro atoms. The van der Waals surface area contributed by atoms with E-state index in [2.05, 4.69) is 0 Å². The summed E-state index contributed by atoms with van der Waals surface area (Å²) in [6.45, 7) is 1.75. The van der Waals surface area contributed by atoms with Crippen LogP contribution in [-0.2, 0) is 16.3 Å². The first kappa shape index (κ1) is 14.2. The molecular formula is C12H19NO3S. The van der Waals surface area contributed by atoms with Crippen molar-refractivity contribution in [2.75, 3.05) is 6.26 Å². The van der Waals surface area contributed by atoms with Crippen LogP contribution in [0.15, 0.2) is 29.2 Å². The minimum Gasteiger partial charge on any atom is -0.392 e. The second kappa shape index (κ2) is 5.62. The maximum atomic E-state index is 11.4. The molecule has 0 saturated heterocycles. The van der Waals surface area contributed by atoms with Crippen molar-refractivity contribution >= 4 is 9.84 Å². The molecule has 0 saturated carbocycles. The number of benzene rings is 1. The summed E-state index contributed by atoms with van der Waals surface area (Å²) < 4.78 is 22.7. The summed E-state index contributed by atoms with van der Waals surface area (Å²) >= 11 is 0. The lowest BCUT2D eigenvalue weighted by molar-refractivity contribution is 0.141. The van der Waals surface area contributed by atoms with Gasteiger partial charge in [0.1, 0.15) is 0 Å². The van der Waals surface area contributed by atoms with E-state index in [9.17, 15) is 13.5 Å². The molecule has 4 nitrogen and oxygen atoms in total. The van der Waals surface area contributed by atoms with Crippen molar-refractivity contribution in [3.63, 3.8) is 0 Å². The van der Waals surface area contributed by atoms with E-state index in [1.54, 1.807) is 25.1 Å². The third-order valence-corrected chi connectivity index (χ3v) is 3.77. The maximum absolute atomic E-state index is 11.4. The molecular weight excluding hydrogens is 238 g/mol. The quantitative estimate of drug-likeness (QED) is 0.815. The maximum Gasteiger partial charge on any atom is 0.175 e. The van der Waals surface area contributed by atoms with Crippen molar-refractivity contribution in [1.82, 2.24) is 0 Å². The van der Waals surface area contributed by atoms with Crippen molar-refractivity contribution in [1.29, 1.82) is 0 Å². The molecule has 0 aliphatic rings. The zero-order valence-corrected chi connectivity index (χ0v) is 10.9. The molecule has 0 bridgehead atoms. The van der Waals surface area contributed by atoms with Crippen LogP contribution in [0.2, 0.25) is 0 Å². The number of hydrogen-bond donors (Lipinski definition) is 2. The summed E-state index contributed by atoms with van der Waals surface area (Å²) in [5.74, 6) is 0. The highest BCUT2D eigenvalue weighted by molar-refractivity contribution is 7.90. The second-order valence-corrected chi connectivity index (χ2v) is 6.40. The summed E-state index contributed by atoms with van der Waals surface area (Å²) in [4.78, 5) is 0.310. The van der Waals surface area contributed by atoms with Crippen LogP contribution in [0.4, 0.5) is 0 Å². The van der Waals surface area contributed by atoms with Crippen LogP contribution in [0, 0.1) is 0 Å². The predicted octanol–water partition coefficient (Wildman–Crippen LogP) is 0.731. The highest BCUT2D eigenvalue weighted by Crippen LogP contribution is 2.13. The average molecular weight is 257 g/mol. The van der Waals surface area contributed by atoms with Crippen molar-refractivity contribution in [3.05, 3.63) is 29.8 Å². The summed E-state index contributed by atoms with van der Waals surface area (Å²) in [7, 11) is -3.17. The van der Waals surface area contributed by atoms with Gasteiger partial charge in [-0.25, -0.2) is 8.42 Å². The van der Waals surface area contributed by atoms with Gasteiger partial charge < -0.3 is 10.8 Å². The zero-order valence-electron chi connectivity index (χ0n) is 10.1. The first-order valence-corrected chi connectivity index (χ1v) is 7.42. The Morgan fingerprint density at radius 1 is 1.41 bits per heavy atom. The van der Waals surface area contributed by atoms with Gasteiger partial charge in [-0.2, -0.15) is 0 Å². The zero-order chi connectivity index (χ0) is 13.1. The Kier molecular flexibility index (Phi) is 4.68. The topological polar surface area (TPSA) is 80.4 Å². The summed E-state index contributed by atoms with van der Waals surface area (Å²) in [5.41, 5.74) is 6.45. The minimum atomic E-state index is -3.17. The van der Waals surface area contributed by atoms with Gasteiger partial charge in [-0.3, -0.25) is 0 Å². The van der Waals surface area contributed by atoms with Gasteiger partial charge in [0.15, 0.2) is 9.84 Å². The van der Waals surface area contributed by atoms with Gasteiger partial charge in [0.2, 0.25) is 0 Å². The van der Waals surface area contributed by atoms with Crippen LogP contribution in [0.1, 0.15) is 18.9 Å². The molecule has 0 aliphatic carbocycles. The van der Waals surface area contributed by atoms with E-state index >= 15 is 0 Å². The van der Waals surface area contributed by atoms with Crippen LogP contribution in [0.5, 0.6) is 0 Å². The molecule has 1 aromatic rings. The number of aliphatic hydroxyl groups is 1. The fourth-order valence-electron chi connectivity index (χ4n) is 1.51. The Balaban J connectivity index is 2.74. The van der Waals surface area contributed by atoms with Crippen molar-refractivity contribution in [2.24, 2.45) is 5.73 Å². The van der Waals surface area contributed by atoms with Gasteiger partial charge in [0.25, 0.3) is 0 Å². The summed E-state index contributed by atoms with van der Waals surface area (Å²) in [6.07, 6.45) is 1.77. The van der Waals surface area contributed by atoms with Crippen molar-refractivity contribution < 1.29 is 13.5 Å². The molecule has 5 heteroatoms. The van der Waals surface area contributed by atoms with Gasteiger partial charge in [0, 0.05) is 12.3 Å². The number of hydrogen-bond acceptors (Lipinski definition) is 4. The fourth-order valence-corrected chi connectivity index (χ4v) is 2.20. The standard InChI is InChI=1S/C12H19NO3S/c1-9(13)12(14)7-6-10-4-3-5-11(8-10)17(2,15)16/h3-5,8-9,12,14H,6-7,13H2,1-2H3. The van der Waals surface area contributed by atoms with E-state index in [1.807, 2.05) is 6.07 Å². The Morgan fingerprint density at radius 3 is 2.59 bits per heavy atom. The molecule has 2 atom stereocenters. The van der Waals surface area contributed by atoms with Crippen LogP contribution in [-0.4, -0.2) is 31.9 Å². The largest absolute Gasteiger partial charge is 0.392 e. The molecule has 0 fully saturated rings. The third-order valence-electron chi connectivity index (χ3n) is 2.66. The smallest absolute Gasteiger partial charge is 0.175 e. The Bertz CT molecular complexity index is 468. The first-order chi connectivity index (χ1) is 7.80. The number of rotatable bonds is 5. The molecule has 0 aromatic heterocycles. The Hall–Kier alpha value is -0.910. The second-order valence-electron chi connectivity index (χ2n) is 4.38. The monoisotopic (exact) mass is 257 g/mol. The molecule has 2 unspecified atom stereocenters. The Labute approximate surface area is 102 Å². The number of sulfone groups is 1. The molecule has 0 radical (unpaired) electrons. The van der Waals surface area contributed by atoms with Crippen LogP contribution in [0.3, 0.4) is 0 Å². The van der Waals surface area contributed by atoms with E-state index in [0.717, 1.165) is 5.56 Å². The highest BCUT2D eigenvalue weighted by Gasteiger charge is 2.11. The van der Waals surface area contributed by atoms with Gasteiger partial charge in [-0.05, 0) is 37.5 Å². The molecule has 17 heavy (non-hydrogen) atoms. The summed E-state index contributed by atoms with van der Waals surface area (Å²) in [6, 6.07) is 6.50. The van der Waals surface area contributed by atoms with E-state index in [0.29, 0.717) is 17.7 Å². The van der Waals surface area contributed by atoms with Crippen LogP contribution >= 0.6 is 0 Å². The van der Waals surface area contributed by atoms with E-state index in [-0.39, 0.29) is 6.04 Å². The normalized spacial score (nSPS) is 15.5. The molecule has 96 valence electrons. The van der Waals surface area contributed by atoms with Gasteiger partial charge >= 0.3 is 0 Å². The van der Waals surface area contributed by atoms with E-state index in [1.165, 1.54) is 6.26 Å². The molecule has 0 aliphatic heterocycles. The molecule has 0 heterocycles. The van der Waals surface area contributed by atoms with Crippen molar-refractivity contribution in [3.8, 4) is 0 Å². The first-order valence-electron chi connectivity index (χ1n) is 5.53. The van der Waals surface area contributed by atoms with Crippen LogP contribution in [0.25, 0.3) is 0 Å². The van der Waals surface area contributed by atoms with Crippen LogP contribution < -0.4 is 5.73 Å². The molecule has 3 N–H and O–H groups in total. The number of aliphatic hydroxyl groups excluding tert-OH is 1. The van der Waals surface area contributed by atoms with E-state index < -0.39 is 15.9 Å². The molecule has 1 rings (SSSR count).